The van der Waals surface area contributed by atoms with Crippen molar-refractivity contribution in [1.29, 1.82) is 0 Å². The van der Waals surface area contributed by atoms with E-state index < -0.39 is 0 Å². The second kappa shape index (κ2) is 6.24. The van der Waals surface area contributed by atoms with E-state index in [1.54, 1.807) is 0 Å². The molecule has 2 fully saturated rings. The van der Waals surface area contributed by atoms with Crippen molar-refractivity contribution in [2.75, 3.05) is 31.1 Å². The molecular weight excluding hydrogens is 286 g/mol. The van der Waals surface area contributed by atoms with E-state index in [1.807, 2.05) is 25.1 Å². The van der Waals surface area contributed by atoms with Gasteiger partial charge in [-0.2, -0.15) is 0 Å². The number of hydrogen-bond acceptors (Lipinski definition) is 2. The number of carbonyl (C=O) groups is 1. The SMILES string of the molecule is C[C@@H](C(=O)NC1CC1)[NH+]1CCN(c2cccc(Cl)c2)CC1. The van der Waals surface area contributed by atoms with Gasteiger partial charge >= 0.3 is 0 Å². The third-order valence-electron chi connectivity index (χ3n) is 4.51. The Hall–Kier alpha value is -1.26. The number of quaternary nitrogens is 1. The Bertz CT molecular complexity index is 510. The first-order valence-corrected chi connectivity index (χ1v) is 8.17. The van der Waals surface area contributed by atoms with Gasteiger partial charge in [0.25, 0.3) is 5.91 Å². The Balaban J connectivity index is 1.53. The van der Waals surface area contributed by atoms with Crippen LogP contribution in [0.2, 0.25) is 5.02 Å². The minimum atomic E-state index is 0.0483. The van der Waals surface area contributed by atoms with Gasteiger partial charge in [0, 0.05) is 16.8 Å². The van der Waals surface area contributed by atoms with Crippen LogP contribution in [0.5, 0.6) is 0 Å². The van der Waals surface area contributed by atoms with E-state index in [9.17, 15) is 4.79 Å². The number of carbonyl (C=O) groups excluding carboxylic acids is 1. The largest absolute Gasteiger partial charge is 0.360 e. The van der Waals surface area contributed by atoms with Crippen LogP contribution in [-0.4, -0.2) is 44.2 Å². The predicted molar refractivity (Wildman–Crippen MR) is 85.0 cm³/mol. The van der Waals surface area contributed by atoms with Crippen LogP contribution in [-0.2, 0) is 4.79 Å². The van der Waals surface area contributed by atoms with Crippen molar-refractivity contribution in [3.8, 4) is 0 Å². The molecule has 1 amide bonds. The number of nitrogens with one attached hydrogen (secondary N) is 2. The van der Waals surface area contributed by atoms with Crippen LogP contribution in [0.4, 0.5) is 5.69 Å². The summed E-state index contributed by atoms with van der Waals surface area (Å²) in [6, 6.07) is 8.49. The molecule has 1 aliphatic heterocycles. The summed E-state index contributed by atoms with van der Waals surface area (Å²) < 4.78 is 0. The number of anilines is 1. The van der Waals surface area contributed by atoms with Gasteiger partial charge in [-0.1, -0.05) is 17.7 Å². The van der Waals surface area contributed by atoms with Crippen molar-refractivity contribution in [2.45, 2.75) is 31.8 Å². The fourth-order valence-corrected chi connectivity index (χ4v) is 3.08. The Morgan fingerprint density at radius 1 is 1.38 bits per heavy atom. The maximum Gasteiger partial charge on any atom is 0.278 e. The first-order valence-electron chi connectivity index (χ1n) is 7.79. The highest BCUT2D eigenvalue weighted by atomic mass is 35.5. The molecule has 3 rings (SSSR count). The maximum atomic E-state index is 12.1. The Kier molecular flexibility index (Phi) is 4.36. The van der Waals surface area contributed by atoms with Crippen molar-refractivity contribution < 1.29 is 9.69 Å². The molecule has 2 aliphatic rings. The van der Waals surface area contributed by atoms with E-state index in [0.29, 0.717) is 6.04 Å². The lowest BCUT2D eigenvalue weighted by Gasteiger charge is -2.36. The van der Waals surface area contributed by atoms with Crippen LogP contribution in [0.25, 0.3) is 0 Å². The van der Waals surface area contributed by atoms with Crippen molar-refractivity contribution in [3.05, 3.63) is 29.3 Å². The Labute approximate surface area is 131 Å². The molecule has 1 saturated carbocycles. The van der Waals surface area contributed by atoms with E-state index in [1.165, 1.54) is 10.6 Å². The fourth-order valence-electron chi connectivity index (χ4n) is 2.90. The second-order valence-corrected chi connectivity index (χ2v) is 6.57. The van der Waals surface area contributed by atoms with Crippen LogP contribution in [0.15, 0.2) is 24.3 Å². The highest BCUT2D eigenvalue weighted by Crippen LogP contribution is 2.19. The quantitative estimate of drug-likeness (QED) is 0.860. The molecule has 4 nitrogen and oxygen atoms in total. The van der Waals surface area contributed by atoms with Crippen LogP contribution >= 0.6 is 11.6 Å². The zero-order valence-electron chi connectivity index (χ0n) is 12.4. The molecule has 0 radical (unpaired) electrons. The highest BCUT2D eigenvalue weighted by molar-refractivity contribution is 6.30. The molecule has 5 heteroatoms. The molecule has 0 bridgehead atoms. The zero-order chi connectivity index (χ0) is 14.8. The lowest BCUT2D eigenvalue weighted by Crippen LogP contribution is -3.19. The predicted octanol–water partition coefficient (Wildman–Crippen LogP) is 0.712. The molecule has 0 aromatic heterocycles. The van der Waals surface area contributed by atoms with Crippen LogP contribution in [0.3, 0.4) is 0 Å². The lowest BCUT2D eigenvalue weighted by molar-refractivity contribution is -0.914. The van der Waals surface area contributed by atoms with Crippen LogP contribution in [0, 0.1) is 0 Å². The van der Waals surface area contributed by atoms with Crippen LogP contribution < -0.4 is 15.1 Å². The molecule has 1 aromatic carbocycles. The first kappa shape index (κ1) is 14.7. The number of piperazine rings is 1. The summed E-state index contributed by atoms with van der Waals surface area (Å²) in [4.78, 5) is 15.9. The van der Waals surface area contributed by atoms with Gasteiger partial charge in [-0.15, -0.1) is 0 Å². The average Bonchev–Trinajstić information content (AvgIpc) is 3.30. The van der Waals surface area contributed by atoms with E-state index in [0.717, 1.165) is 44.0 Å². The van der Waals surface area contributed by atoms with E-state index >= 15 is 0 Å². The number of hydrogen-bond donors (Lipinski definition) is 2. The third kappa shape index (κ3) is 3.69. The molecule has 1 atom stereocenters. The molecule has 1 aliphatic carbocycles. The van der Waals surface area contributed by atoms with E-state index in [4.69, 9.17) is 11.6 Å². The fraction of sp³-hybridized carbons (Fsp3) is 0.562. The molecule has 114 valence electrons. The Morgan fingerprint density at radius 3 is 2.71 bits per heavy atom. The summed E-state index contributed by atoms with van der Waals surface area (Å²) in [5.74, 6) is 0.212. The second-order valence-electron chi connectivity index (χ2n) is 6.13. The van der Waals surface area contributed by atoms with Gasteiger partial charge in [-0.25, -0.2) is 0 Å². The van der Waals surface area contributed by atoms with Crippen molar-refractivity contribution in [2.24, 2.45) is 0 Å². The molecule has 1 saturated heterocycles. The summed E-state index contributed by atoms with van der Waals surface area (Å²) >= 11 is 6.05. The minimum absolute atomic E-state index is 0.0483. The first-order chi connectivity index (χ1) is 10.1. The molecule has 21 heavy (non-hydrogen) atoms. The van der Waals surface area contributed by atoms with E-state index in [-0.39, 0.29) is 11.9 Å². The Morgan fingerprint density at radius 2 is 2.10 bits per heavy atom. The number of nitrogens with zero attached hydrogens (tertiary/aromatic N) is 1. The highest BCUT2D eigenvalue weighted by Gasteiger charge is 2.32. The number of benzene rings is 1. The van der Waals surface area contributed by atoms with Gasteiger partial charge < -0.3 is 15.1 Å². The average molecular weight is 309 g/mol. The number of halogens is 1. The summed E-state index contributed by atoms with van der Waals surface area (Å²) in [7, 11) is 0. The zero-order valence-corrected chi connectivity index (χ0v) is 13.2. The number of rotatable bonds is 4. The summed E-state index contributed by atoms with van der Waals surface area (Å²) in [5.41, 5.74) is 1.18. The maximum absolute atomic E-state index is 12.1. The van der Waals surface area contributed by atoms with Crippen molar-refractivity contribution in [3.63, 3.8) is 0 Å². The summed E-state index contributed by atoms with van der Waals surface area (Å²) in [6.45, 7) is 5.97. The van der Waals surface area contributed by atoms with Gasteiger partial charge in [0.05, 0.1) is 26.2 Å². The van der Waals surface area contributed by atoms with Gasteiger partial charge in [-0.3, -0.25) is 4.79 Å². The molecule has 2 N–H and O–H groups in total. The normalized spacial score (nSPS) is 21.1. The third-order valence-corrected chi connectivity index (χ3v) is 4.74. The molecular formula is C16H23ClN3O+. The monoisotopic (exact) mass is 308 g/mol. The van der Waals surface area contributed by atoms with Gasteiger partial charge in [0.15, 0.2) is 6.04 Å². The molecule has 0 unspecified atom stereocenters. The summed E-state index contributed by atoms with van der Waals surface area (Å²) in [5, 5.41) is 3.89. The number of amides is 1. The molecule has 1 heterocycles. The van der Waals surface area contributed by atoms with Gasteiger partial charge in [0.2, 0.25) is 0 Å². The van der Waals surface area contributed by atoms with Crippen molar-refractivity contribution in [1.82, 2.24) is 5.32 Å². The molecule has 0 spiro atoms. The molecule has 1 aromatic rings. The topological polar surface area (TPSA) is 36.8 Å². The van der Waals surface area contributed by atoms with Crippen LogP contribution in [0.1, 0.15) is 19.8 Å². The van der Waals surface area contributed by atoms with Gasteiger partial charge in [-0.05, 0) is 38.0 Å². The summed E-state index contributed by atoms with van der Waals surface area (Å²) in [6.07, 6.45) is 2.30. The lowest BCUT2D eigenvalue weighted by atomic mass is 10.2. The smallest absolute Gasteiger partial charge is 0.278 e. The minimum Gasteiger partial charge on any atom is -0.360 e. The van der Waals surface area contributed by atoms with Crippen molar-refractivity contribution >= 4 is 23.2 Å². The standard InChI is InChI=1S/C16H22ClN3O/c1-12(16(21)18-14-5-6-14)19-7-9-20(10-8-19)15-4-2-3-13(17)11-15/h2-4,11-12,14H,5-10H2,1H3,(H,18,21)/p+1/t12-/m0/s1. The van der Waals surface area contributed by atoms with Gasteiger partial charge in [0.1, 0.15) is 0 Å². The van der Waals surface area contributed by atoms with E-state index in [2.05, 4.69) is 16.3 Å².